The third-order valence-electron chi connectivity index (χ3n) is 5.31. The predicted molar refractivity (Wildman–Crippen MR) is 83.8 cm³/mol. The smallest absolute Gasteiger partial charge is 0.234 e. The third-order valence-corrected chi connectivity index (χ3v) is 5.31. The van der Waals surface area contributed by atoms with E-state index in [0.29, 0.717) is 13.1 Å². The molecule has 3 heterocycles. The number of carbonyl (C=O) groups is 1. The maximum Gasteiger partial charge on any atom is 0.234 e. The fourth-order valence-electron chi connectivity index (χ4n) is 3.88. The van der Waals surface area contributed by atoms with E-state index in [1.54, 1.807) is 0 Å². The largest absolute Gasteiger partial charge is 0.381 e. The van der Waals surface area contributed by atoms with E-state index < -0.39 is 0 Å². The molecule has 0 saturated carbocycles. The van der Waals surface area contributed by atoms with Crippen molar-refractivity contribution in [1.29, 1.82) is 0 Å². The molecule has 3 saturated heterocycles. The van der Waals surface area contributed by atoms with Gasteiger partial charge >= 0.3 is 0 Å². The zero-order chi connectivity index (χ0) is 15.3. The van der Waals surface area contributed by atoms with E-state index in [9.17, 15) is 4.79 Å². The number of hydrogen-bond donors (Lipinski definition) is 2. The number of nitrogens with one attached hydrogen (secondary N) is 2. The van der Waals surface area contributed by atoms with Crippen molar-refractivity contribution in [3.8, 4) is 0 Å². The molecule has 0 aromatic carbocycles. The number of nitrogens with zero attached hydrogens (tertiary/aromatic N) is 1. The maximum atomic E-state index is 12.3. The van der Waals surface area contributed by atoms with Gasteiger partial charge in [-0.3, -0.25) is 9.69 Å². The summed E-state index contributed by atoms with van der Waals surface area (Å²) in [6.45, 7) is 6.54. The van der Waals surface area contributed by atoms with Crippen molar-refractivity contribution in [2.45, 2.75) is 43.7 Å². The highest BCUT2D eigenvalue weighted by Crippen LogP contribution is 2.31. The lowest BCUT2D eigenvalue weighted by atomic mass is 9.85. The van der Waals surface area contributed by atoms with Crippen LogP contribution < -0.4 is 10.6 Å². The second-order valence-electron chi connectivity index (χ2n) is 6.70. The number of ether oxygens (including phenoxy) is 2. The molecule has 3 aliphatic rings. The zero-order valence-electron chi connectivity index (χ0n) is 13.4. The first-order chi connectivity index (χ1) is 10.8. The van der Waals surface area contributed by atoms with Gasteiger partial charge in [-0.05, 0) is 38.6 Å². The molecular weight excluding hydrogens is 282 g/mol. The van der Waals surface area contributed by atoms with Gasteiger partial charge in [-0.25, -0.2) is 0 Å². The highest BCUT2D eigenvalue weighted by Gasteiger charge is 2.39. The van der Waals surface area contributed by atoms with Crippen molar-refractivity contribution in [3.63, 3.8) is 0 Å². The minimum Gasteiger partial charge on any atom is -0.381 e. The molecule has 6 heteroatoms. The van der Waals surface area contributed by atoms with Gasteiger partial charge in [0, 0.05) is 45.0 Å². The minimum atomic E-state index is 0.128. The first kappa shape index (κ1) is 16.2. The Hall–Kier alpha value is -0.690. The molecule has 3 rings (SSSR count). The molecule has 0 radical (unpaired) electrons. The molecule has 1 atom stereocenters. The summed E-state index contributed by atoms with van der Waals surface area (Å²) in [4.78, 5) is 14.7. The first-order valence-electron chi connectivity index (χ1n) is 8.70. The average molecular weight is 311 g/mol. The van der Waals surface area contributed by atoms with Crippen molar-refractivity contribution in [3.05, 3.63) is 0 Å². The van der Waals surface area contributed by atoms with Crippen LogP contribution in [0.1, 0.15) is 32.1 Å². The second-order valence-corrected chi connectivity index (χ2v) is 6.70. The highest BCUT2D eigenvalue weighted by atomic mass is 16.5. The summed E-state index contributed by atoms with van der Waals surface area (Å²) in [5.41, 5.74) is 0.142. The number of amides is 1. The van der Waals surface area contributed by atoms with Crippen molar-refractivity contribution in [1.82, 2.24) is 15.5 Å². The SMILES string of the molecule is O=C(CN1CCNCCC12CCOCC2)NCC1CCCO1. The molecule has 126 valence electrons. The lowest BCUT2D eigenvalue weighted by molar-refractivity contribution is -0.126. The fraction of sp³-hybridized carbons (Fsp3) is 0.938. The Kier molecular flexibility index (Phi) is 5.68. The van der Waals surface area contributed by atoms with Crippen molar-refractivity contribution in [2.24, 2.45) is 0 Å². The Morgan fingerprint density at radius 2 is 2.09 bits per heavy atom. The summed E-state index contributed by atoms with van der Waals surface area (Å²) >= 11 is 0. The lowest BCUT2D eigenvalue weighted by Gasteiger charge is -2.45. The Morgan fingerprint density at radius 1 is 1.23 bits per heavy atom. The third kappa shape index (κ3) is 3.98. The van der Waals surface area contributed by atoms with E-state index in [2.05, 4.69) is 15.5 Å². The molecule has 2 N–H and O–H groups in total. The summed E-state index contributed by atoms with van der Waals surface area (Å²) in [6, 6.07) is 0. The summed E-state index contributed by atoms with van der Waals surface area (Å²) in [6.07, 6.45) is 5.57. The van der Waals surface area contributed by atoms with Crippen LogP contribution in [-0.2, 0) is 14.3 Å². The monoisotopic (exact) mass is 311 g/mol. The van der Waals surface area contributed by atoms with Gasteiger partial charge in [0.05, 0.1) is 12.6 Å². The Bertz CT molecular complexity index is 366. The number of hydrogen-bond acceptors (Lipinski definition) is 5. The molecular formula is C16H29N3O3. The molecule has 3 aliphatic heterocycles. The van der Waals surface area contributed by atoms with E-state index >= 15 is 0 Å². The van der Waals surface area contributed by atoms with Crippen LogP contribution in [0.3, 0.4) is 0 Å². The molecule has 6 nitrogen and oxygen atoms in total. The summed E-state index contributed by atoms with van der Waals surface area (Å²) < 4.78 is 11.1. The summed E-state index contributed by atoms with van der Waals surface area (Å²) in [5, 5.41) is 6.52. The standard InChI is InChI=1S/C16H29N3O3/c20-15(18-12-14-2-1-9-22-14)13-19-8-7-17-6-3-16(19)4-10-21-11-5-16/h14,17H,1-13H2,(H,18,20). The molecule has 0 aliphatic carbocycles. The average Bonchev–Trinajstić information content (AvgIpc) is 2.99. The van der Waals surface area contributed by atoms with E-state index in [0.717, 1.165) is 71.6 Å². The zero-order valence-corrected chi connectivity index (χ0v) is 13.4. The molecule has 1 amide bonds. The van der Waals surface area contributed by atoms with Crippen molar-refractivity contribution < 1.29 is 14.3 Å². The van der Waals surface area contributed by atoms with Crippen molar-refractivity contribution >= 4 is 5.91 Å². The maximum absolute atomic E-state index is 12.3. The molecule has 1 spiro atoms. The molecule has 3 fully saturated rings. The van der Waals surface area contributed by atoms with Crippen LogP contribution in [0.2, 0.25) is 0 Å². The highest BCUT2D eigenvalue weighted by molar-refractivity contribution is 5.78. The molecule has 0 aromatic heterocycles. The van der Waals surface area contributed by atoms with Crippen LogP contribution in [0.5, 0.6) is 0 Å². The van der Waals surface area contributed by atoms with E-state index in [-0.39, 0.29) is 17.6 Å². The number of carbonyl (C=O) groups excluding carboxylic acids is 1. The summed E-state index contributed by atoms with van der Waals surface area (Å²) in [7, 11) is 0. The van der Waals surface area contributed by atoms with Crippen LogP contribution in [0, 0.1) is 0 Å². The quantitative estimate of drug-likeness (QED) is 0.772. The normalized spacial score (nSPS) is 29.4. The van der Waals surface area contributed by atoms with E-state index in [1.165, 1.54) is 0 Å². The van der Waals surface area contributed by atoms with Gasteiger partial charge in [-0.15, -0.1) is 0 Å². The molecule has 0 aromatic rings. The molecule has 1 unspecified atom stereocenters. The predicted octanol–water partition coefficient (Wildman–Crippen LogP) is 0.126. The van der Waals surface area contributed by atoms with Crippen LogP contribution >= 0.6 is 0 Å². The van der Waals surface area contributed by atoms with Gasteiger partial charge in [0.2, 0.25) is 5.91 Å². The first-order valence-corrected chi connectivity index (χ1v) is 8.70. The fourth-order valence-corrected chi connectivity index (χ4v) is 3.88. The topological polar surface area (TPSA) is 62.8 Å². The summed E-state index contributed by atoms with van der Waals surface area (Å²) in [5.74, 6) is 0.128. The van der Waals surface area contributed by atoms with Crippen molar-refractivity contribution in [2.75, 3.05) is 52.5 Å². The van der Waals surface area contributed by atoms with Gasteiger partial charge in [0.15, 0.2) is 0 Å². The molecule has 22 heavy (non-hydrogen) atoms. The van der Waals surface area contributed by atoms with Gasteiger partial charge in [-0.1, -0.05) is 0 Å². The van der Waals surface area contributed by atoms with Crippen LogP contribution in [0.15, 0.2) is 0 Å². The Morgan fingerprint density at radius 3 is 2.86 bits per heavy atom. The van der Waals surface area contributed by atoms with Gasteiger partial charge in [0.25, 0.3) is 0 Å². The molecule has 0 bridgehead atoms. The van der Waals surface area contributed by atoms with Gasteiger partial charge in [-0.2, -0.15) is 0 Å². The Balaban J connectivity index is 1.54. The minimum absolute atomic E-state index is 0.128. The van der Waals surface area contributed by atoms with Crippen LogP contribution in [0.25, 0.3) is 0 Å². The van der Waals surface area contributed by atoms with Crippen LogP contribution in [-0.4, -0.2) is 75.0 Å². The second kappa shape index (κ2) is 7.73. The van der Waals surface area contributed by atoms with Gasteiger partial charge in [0.1, 0.15) is 0 Å². The van der Waals surface area contributed by atoms with Gasteiger partial charge < -0.3 is 20.1 Å². The number of rotatable bonds is 4. The Labute approximate surface area is 132 Å². The van der Waals surface area contributed by atoms with Crippen LogP contribution in [0.4, 0.5) is 0 Å². The van der Waals surface area contributed by atoms with E-state index in [1.807, 2.05) is 0 Å². The van der Waals surface area contributed by atoms with E-state index in [4.69, 9.17) is 9.47 Å². The lowest BCUT2D eigenvalue weighted by Crippen LogP contribution is -2.55.